The fourth-order valence-corrected chi connectivity index (χ4v) is 3.52. The number of amides is 3. The zero-order valence-corrected chi connectivity index (χ0v) is 13.8. The van der Waals surface area contributed by atoms with Crippen LogP contribution < -0.4 is 5.32 Å². The van der Waals surface area contributed by atoms with Crippen LogP contribution in [0.2, 0.25) is 0 Å². The average Bonchev–Trinajstić information content (AvgIpc) is 3.24. The molecule has 1 unspecified atom stereocenters. The molecule has 0 aromatic rings. The van der Waals surface area contributed by atoms with E-state index >= 15 is 0 Å². The Morgan fingerprint density at radius 2 is 1.52 bits per heavy atom. The molecular formula is C17H27N3O3. The lowest BCUT2D eigenvalue weighted by Gasteiger charge is -2.27. The van der Waals surface area contributed by atoms with Crippen LogP contribution in [-0.4, -0.2) is 59.2 Å². The Kier molecular flexibility index (Phi) is 5.18. The Morgan fingerprint density at radius 3 is 2.22 bits per heavy atom. The summed E-state index contributed by atoms with van der Waals surface area (Å²) in [6.45, 7) is 2.28. The molecule has 2 saturated heterocycles. The molecule has 1 aliphatic carbocycles. The van der Waals surface area contributed by atoms with Crippen molar-refractivity contribution in [2.45, 2.75) is 69.9 Å². The van der Waals surface area contributed by atoms with Crippen LogP contribution in [0.25, 0.3) is 0 Å². The van der Waals surface area contributed by atoms with Crippen LogP contribution in [0.15, 0.2) is 0 Å². The summed E-state index contributed by atoms with van der Waals surface area (Å²) >= 11 is 0. The van der Waals surface area contributed by atoms with Crippen LogP contribution in [0, 0.1) is 0 Å². The van der Waals surface area contributed by atoms with Gasteiger partial charge in [-0.05, 0) is 44.9 Å². The quantitative estimate of drug-likeness (QED) is 0.823. The van der Waals surface area contributed by atoms with E-state index in [4.69, 9.17) is 0 Å². The number of nitrogens with zero attached hydrogens (tertiary/aromatic N) is 2. The van der Waals surface area contributed by atoms with Crippen molar-refractivity contribution in [1.29, 1.82) is 0 Å². The van der Waals surface area contributed by atoms with E-state index in [0.29, 0.717) is 12.6 Å². The molecule has 3 rings (SSSR count). The van der Waals surface area contributed by atoms with Gasteiger partial charge in [0.25, 0.3) is 0 Å². The van der Waals surface area contributed by atoms with Crippen molar-refractivity contribution in [3.05, 3.63) is 0 Å². The van der Waals surface area contributed by atoms with Crippen LogP contribution in [0.4, 0.5) is 0 Å². The molecule has 128 valence electrons. The summed E-state index contributed by atoms with van der Waals surface area (Å²) < 4.78 is 0. The highest BCUT2D eigenvalue weighted by atomic mass is 16.2. The lowest BCUT2D eigenvalue weighted by atomic mass is 10.1. The third-order valence-corrected chi connectivity index (χ3v) is 5.06. The summed E-state index contributed by atoms with van der Waals surface area (Å²) in [4.78, 5) is 40.4. The van der Waals surface area contributed by atoms with Gasteiger partial charge in [-0.15, -0.1) is 0 Å². The van der Waals surface area contributed by atoms with Gasteiger partial charge in [-0.2, -0.15) is 0 Å². The first-order valence-electron chi connectivity index (χ1n) is 9.03. The van der Waals surface area contributed by atoms with Crippen LogP contribution in [-0.2, 0) is 14.4 Å². The Labute approximate surface area is 137 Å². The zero-order valence-electron chi connectivity index (χ0n) is 13.8. The van der Waals surface area contributed by atoms with E-state index in [0.717, 1.165) is 51.6 Å². The van der Waals surface area contributed by atoms with Gasteiger partial charge >= 0.3 is 0 Å². The number of piperidine rings is 1. The minimum atomic E-state index is -0.326. The van der Waals surface area contributed by atoms with Crippen molar-refractivity contribution in [3.8, 4) is 0 Å². The molecule has 0 aromatic carbocycles. The third-order valence-electron chi connectivity index (χ3n) is 5.06. The molecule has 6 heteroatoms. The van der Waals surface area contributed by atoms with E-state index in [1.807, 2.05) is 4.90 Å². The van der Waals surface area contributed by atoms with E-state index in [9.17, 15) is 14.4 Å². The van der Waals surface area contributed by atoms with Crippen molar-refractivity contribution < 1.29 is 14.4 Å². The normalized spacial score (nSPS) is 24.6. The van der Waals surface area contributed by atoms with E-state index in [2.05, 4.69) is 5.32 Å². The van der Waals surface area contributed by atoms with Gasteiger partial charge in [0, 0.05) is 38.5 Å². The van der Waals surface area contributed by atoms with E-state index in [1.54, 1.807) is 4.90 Å². The van der Waals surface area contributed by atoms with Gasteiger partial charge in [0.15, 0.2) is 0 Å². The highest BCUT2D eigenvalue weighted by Gasteiger charge is 2.36. The van der Waals surface area contributed by atoms with Crippen LogP contribution in [0.3, 0.4) is 0 Å². The van der Waals surface area contributed by atoms with Gasteiger partial charge < -0.3 is 15.1 Å². The molecular weight excluding hydrogens is 294 g/mol. The molecule has 2 aliphatic heterocycles. The summed E-state index contributed by atoms with van der Waals surface area (Å²) in [5, 5.41) is 2.99. The predicted molar refractivity (Wildman–Crippen MR) is 85.6 cm³/mol. The van der Waals surface area contributed by atoms with Crippen molar-refractivity contribution in [3.63, 3.8) is 0 Å². The highest BCUT2D eigenvalue weighted by molar-refractivity contribution is 5.90. The molecule has 6 nitrogen and oxygen atoms in total. The third kappa shape index (κ3) is 4.24. The minimum absolute atomic E-state index is 0.0132. The monoisotopic (exact) mass is 321 g/mol. The second-order valence-electron chi connectivity index (χ2n) is 6.97. The number of hydrogen-bond acceptors (Lipinski definition) is 3. The molecule has 3 amide bonds. The molecule has 1 N–H and O–H groups in total. The number of hydrogen-bond donors (Lipinski definition) is 1. The Hall–Kier alpha value is -1.59. The van der Waals surface area contributed by atoms with Crippen molar-refractivity contribution in [2.24, 2.45) is 0 Å². The lowest BCUT2D eigenvalue weighted by Crippen LogP contribution is -2.46. The summed E-state index contributed by atoms with van der Waals surface area (Å²) in [6.07, 6.45) is 7.53. The summed E-state index contributed by atoms with van der Waals surface area (Å²) in [7, 11) is 0. The molecule has 3 aliphatic rings. The number of carbonyl (C=O) groups excluding carboxylic acids is 3. The van der Waals surface area contributed by atoms with E-state index in [1.165, 1.54) is 6.42 Å². The summed E-state index contributed by atoms with van der Waals surface area (Å²) in [6, 6.07) is -0.00563. The van der Waals surface area contributed by atoms with Gasteiger partial charge in [-0.25, -0.2) is 0 Å². The Balaban J connectivity index is 1.46. The van der Waals surface area contributed by atoms with Crippen LogP contribution in [0.5, 0.6) is 0 Å². The fraction of sp³-hybridized carbons (Fsp3) is 0.824. The topological polar surface area (TPSA) is 69.7 Å². The molecule has 1 atom stereocenters. The Bertz CT molecular complexity index is 470. The van der Waals surface area contributed by atoms with Crippen molar-refractivity contribution >= 4 is 17.7 Å². The molecule has 0 aromatic heterocycles. The van der Waals surface area contributed by atoms with Crippen LogP contribution >= 0.6 is 0 Å². The van der Waals surface area contributed by atoms with Gasteiger partial charge in [0.2, 0.25) is 17.7 Å². The van der Waals surface area contributed by atoms with E-state index < -0.39 is 0 Å². The number of carbonyl (C=O) groups is 3. The minimum Gasteiger partial charge on any atom is -0.352 e. The maximum atomic E-state index is 12.4. The molecule has 1 saturated carbocycles. The fourth-order valence-electron chi connectivity index (χ4n) is 3.52. The standard InChI is InChI=1S/C17H27N3O3/c21-15(19-10-2-1-3-11-19)8-9-16(22)20-12-4-5-14(20)17(23)18-13-6-7-13/h13-14H,1-12H2,(H,18,23). The zero-order chi connectivity index (χ0) is 16.2. The first-order chi connectivity index (χ1) is 11.1. The SMILES string of the molecule is O=C(NC1CC1)C1CCCN1C(=O)CCC(=O)N1CCCCC1. The van der Waals surface area contributed by atoms with Gasteiger partial charge in [-0.1, -0.05) is 0 Å². The van der Waals surface area contributed by atoms with Crippen molar-refractivity contribution in [1.82, 2.24) is 15.1 Å². The number of nitrogens with one attached hydrogen (secondary N) is 1. The molecule has 0 bridgehead atoms. The predicted octanol–water partition coefficient (Wildman–Crippen LogP) is 1.05. The first-order valence-corrected chi connectivity index (χ1v) is 9.03. The largest absolute Gasteiger partial charge is 0.352 e. The van der Waals surface area contributed by atoms with E-state index in [-0.39, 0.29) is 36.6 Å². The summed E-state index contributed by atoms with van der Waals surface area (Å²) in [5.74, 6) is 0.0146. The smallest absolute Gasteiger partial charge is 0.243 e. The molecule has 2 heterocycles. The second-order valence-corrected chi connectivity index (χ2v) is 6.97. The molecule has 3 fully saturated rings. The summed E-state index contributed by atoms with van der Waals surface area (Å²) in [5.41, 5.74) is 0. The van der Waals surface area contributed by atoms with Crippen LogP contribution in [0.1, 0.15) is 57.8 Å². The van der Waals surface area contributed by atoms with Gasteiger partial charge in [0.1, 0.15) is 6.04 Å². The second kappa shape index (κ2) is 7.32. The molecule has 23 heavy (non-hydrogen) atoms. The lowest BCUT2D eigenvalue weighted by molar-refractivity contribution is -0.140. The highest BCUT2D eigenvalue weighted by Crippen LogP contribution is 2.23. The average molecular weight is 321 g/mol. The first kappa shape index (κ1) is 16.3. The molecule has 0 spiro atoms. The molecule has 0 radical (unpaired) electrons. The van der Waals surface area contributed by atoms with Crippen molar-refractivity contribution in [2.75, 3.05) is 19.6 Å². The van der Waals surface area contributed by atoms with Gasteiger partial charge in [0.05, 0.1) is 0 Å². The maximum absolute atomic E-state index is 12.4. The maximum Gasteiger partial charge on any atom is 0.243 e. The van der Waals surface area contributed by atoms with Gasteiger partial charge in [-0.3, -0.25) is 14.4 Å². The number of likely N-dealkylation sites (tertiary alicyclic amines) is 2. The Morgan fingerprint density at radius 1 is 0.826 bits per heavy atom. The number of rotatable bonds is 5.